The van der Waals surface area contributed by atoms with E-state index < -0.39 is 0 Å². The van der Waals surface area contributed by atoms with E-state index in [9.17, 15) is 0 Å². The van der Waals surface area contributed by atoms with Gasteiger partial charge in [-0.25, -0.2) is 0 Å². The van der Waals surface area contributed by atoms with Crippen molar-refractivity contribution in [2.45, 2.75) is 6.42 Å². The lowest BCUT2D eigenvalue weighted by molar-refractivity contribution is 1.11. The van der Waals surface area contributed by atoms with Crippen LogP contribution in [0.2, 0.25) is 15.1 Å². The fraction of sp³-hybridized carbons (Fsp3) is 0.0714. The molecule has 0 saturated carbocycles. The number of halogens is 3. The van der Waals surface area contributed by atoms with Crippen molar-refractivity contribution in [3.05, 3.63) is 68.9 Å². The summed E-state index contributed by atoms with van der Waals surface area (Å²) >= 11 is 17.8. The Balaban J connectivity index is 2.10. The molecule has 0 fully saturated rings. The highest BCUT2D eigenvalue weighted by molar-refractivity contribution is 6.34. The predicted octanol–water partition coefficient (Wildman–Crippen LogP) is 5.10. The Hall–Kier alpha value is -1.02. The average Bonchev–Trinajstić information content (AvgIpc) is 2.30. The summed E-state index contributed by atoms with van der Waals surface area (Å²) in [4.78, 5) is 4.18. The molecule has 0 aliphatic heterocycles. The van der Waals surface area contributed by atoms with E-state index in [1.165, 1.54) is 0 Å². The van der Waals surface area contributed by atoms with Crippen LogP contribution in [0.5, 0.6) is 0 Å². The first kappa shape index (κ1) is 13.4. The van der Waals surface area contributed by atoms with E-state index in [1.54, 1.807) is 18.3 Å². The van der Waals surface area contributed by atoms with Gasteiger partial charge >= 0.3 is 0 Å². The maximum absolute atomic E-state index is 5.96. The molecule has 0 N–H and O–H groups in total. The van der Waals surface area contributed by atoms with Crippen LogP contribution in [0.3, 0.4) is 0 Å². The van der Waals surface area contributed by atoms with E-state index in [-0.39, 0.29) is 0 Å². The fourth-order valence-electron chi connectivity index (χ4n) is 1.50. The lowest BCUT2D eigenvalue weighted by Crippen LogP contribution is -1.87. The first-order chi connectivity index (χ1) is 8.65. The van der Waals surface area contributed by atoms with Crippen molar-refractivity contribution in [2.75, 3.05) is 0 Å². The zero-order valence-electron chi connectivity index (χ0n) is 9.33. The fourth-order valence-corrected chi connectivity index (χ4v) is 2.23. The molecule has 0 spiro atoms. The molecule has 18 heavy (non-hydrogen) atoms. The van der Waals surface area contributed by atoms with Crippen LogP contribution in [0.15, 0.2) is 36.5 Å². The molecule has 1 radical (unpaired) electrons. The standard InChI is InChI=1S/C14H9Cl3N/c15-11-7-10(8-12(16)9-11)3-1-5-14-13(17)4-2-6-18-14/h1-3,6-9H,5H2. The molecule has 0 bridgehead atoms. The molecule has 2 rings (SSSR count). The van der Waals surface area contributed by atoms with Crippen molar-refractivity contribution in [1.82, 2.24) is 4.98 Å². The van der Waals surface area contributed by atoms with Gasteiger partial charge in [-0.05, 0) is 29.8 Å². The minimum atomic E-state index is 0.547. The van der Waals surface area contributed by atoms with Gasteiger partial charge in [0.15, 0.2) is 0 Å². The van der Waals surface area contributed by atoms with Gasteiger partial charge in [0.1, 0.15) is 0 Å². The van der Waals surface area contributed by atoms with Gasteiger partial charge in [0.25, 0.3) is 0 Å². The number of aromatic nitrogens is 1. The number of hydrogen-bond donors (Lipinski definition) is 0. The normalized spacial score (nSPS) is 11.1. The molecule has 0 aliphatic rings. The molecule has 0 unspecified atom stereocenters. The molecule has 0 amide bonds. The first-order valence-electron chi connectivity index (χ1n) is 5.29. The summed E-state index contributed by atoms with van der Waals surface area (Å²) in [6, 6.07) is 9.97. The van der Waals surface area contributed by atoms with Crippen LogP contribution >= 0.6 is 34.8 Å². The molecule has 91 valence electrons. The van der Waals surface area contributed by atoms with Crippen molar-refractivity contribution < 1.29 is 0 Å². The molecule has 0 atom stereocenters. The second-order valence-corrected chi connectivity index (χ2v) is 4.91. The molecular formula is C14H9Cl3N. The Morgan fingerprint density at radius 1 is 1.11 bits per heavy atom. The second-order valence-electron chi connectivity index (χ2n) is 3.66. The topological polar surface area (TPSA) is 12.9 Å². The summed E-state index contributed by atoms with van der Waals surface area (Å²) in [5.74, 6) is 0. The Morgan fingerprint density at radius 3 is 2.50 bits per heavy atom. The molecule has 0 saturated heterocycles. The van der Waals surface area contributed by atoms with Crippen LogP contribution in [-0.2, 0) is 6.42 Å². The van der Waals surface area contributed by atoms with Crippen molar-refractivity contribution in [1.29, 1.82) is 0 Å². The van der Waals surface area contributed by atoms with Gasteiger partial charge in [0.05, 0.1) is 10.7 Å². The zero-order chi connectivity index (χ0) is 13.0. The van der Waals surface area contributed by atoms with Gasteiger partial charge in [0, 0.05) is 28.7 Å². The quantitative estimate of drug-likeness (QED) is 0.768. The SMILES string of the molecule is Clc1cc(Cl)cc(C=CCc2ncc[c]c2Cl)c1. The lowest BCUT2D eigenvalue weighted by Gasteiger charge is -1.99. The van der Waals surface area contributed by atoms with Crippen molar-refractivity contribution in [3.8, 4) is 0 Å². The van der Waals surface area contributed by atoms with Crippen LogP contribution in [0.25, 0.3) is 6.08 Å². The van der Waals surface area contributed by atoms with Crippen molar-refractivity contribution in [3.63, 3.8) is 0 Å². The Kier molecular flexibility index (Phi) is 4.65. The lowest BCUT2D eigenvalue weighted by atomic mass is 10.2. The predicted molar refractivity (Wildman–Crippen MR) is 77.3 cm³/mol. The molecule has 2 aromatic rings. The number of pyridine rings is 1. The molecule has 0 aliphatic carbocycles. The van der Waals surface area contributed by atoms with Gasteiger partial charge in [-0.2, -0.15) is 0 Å². The number of nitrogens with zero attached hydrogens (tertiary/aromatic N) is 1. The van der Waals surface area contributed by atoms with E-state index in [1.807, 2.05) is 24.3 Å². The number of rotatable bonds is 3. The minimum Gasteiger partial charge on any atom is -0.259 e. The zero-order valence-corrected chi connectivity index (χ0v) is 11.6. The molecule has 4 heteroatoms. The summed E-state index contributed by atoms with van der Waals surface area (Å²) in [5, 5.41) is 1.78. The van der Waals surface area contributed by atoms with Gasteiger partial charge in [0.2, 0.25) is 0 Å². The summed E-state index contributed by atoms with van der Waals surface area (Å²) in [6.45, 7) is 0. The maximum atomic E-state index is 5.96. The molecule has 1 heterocycles. The van der Waals surface area contributed by atoms with Gasteiger partial charge in [-0.15, -0.1) is 0 Å². The van der Waals surface area contributed by atoms with Crippen LogP contribution in [0, 0.1) is 6.07 Å². The molecule has 1 nitrogen and oxygen atoms in total. The highest BCUT2D eigenvalue weighted by Gasteiger charge is 1.98. The highest BCUT2D eigenvalue weighted by atomic mass is 35.5. The Labute approximate surface area is 121 Å². The summed E-state index contributed by atoms with van der Waals surface area (Å²) in [5.41, 5.74) is 1.74. The van der Waals surface area contributed by atoms with E-state index in [2.05, 4.69) is 11.1 Å². The van der Waals surface area contributed by atoms with Crippen LogP contribution in [0.4, 0.5) is 0 Å². The van der Waals surface area contributed by atoms with E-state index >= 15 is 0 Å². The van der Waals surface area contributed by atoms with E-state index in [0.717, 1.165) is 11.3 Å². The van der Waals surface area contributed by atoms with Gasteiger partial charge in [-0.3, -0.25) is 4.98 Å². The van der Waals surface area contributed by atoms with E-state index in [0.29, 0.717) is 21.5 Å². The van der Waals surface area contributed by atoms with Crippen LogP contribution in [-0.4, -0.2) is 4.98 Å². The molecular weight excluding hydrogens is 289 g/mol. The monoisotopic (exact) mass is 296 g/mol. The van der Waals surface area contributed by atoms with Crippen LogP contribution < -0.4 is 0 Å². The third kappa shape index (κ3) is 3.74. The molecule has 1 aromatic carbocycles. The summed E-state index contributed by atoms with van der Waals surface area (Å²) in [6.07, 6.45) is 6.21. The average molecular weight is 298 g/mol. The van der Waals surface area contributed by atoms with Gasteiger partial charge in [-0.1, -0.05) is 47.0 Å². The number of benzene rings is 1. The summed E-state index contributed by atoms with van der Waals surface area (Å²) < 4.78 is 0. The third-order valence-corrected chi connectivity index (χ3v) is 3.04. The summed E-state index contributed by atoms with van der Waals surface area (Å²) in [7, 11) is 0. The highest BCUT2D eigenvalue weighted by Crippen LogP contribution is 2.20. The first-order valence-corrected chi connectivity index (χ1v) is 6.42. The number of hydrogen-bond acceptors (Lipinski definition) is 1. The van der Waals surface area contributed by atoms with E-state index in [4.69, 9.17) is 34.8 Å². The number of allylic oxidation sites excluding steroid dienone is 1. The maximum Gasteiger partial charge on any atom is 0.0703 e. The van der Waals surface area contributed by atoms with Crippen LogP contribution in [0.1, 0.15) is 11.3 Å². The van der Waals surface area contributed by atoms with Crippen molar-refractivity contribution in [2.24, 2.45) is 0 Å². The Morgan fingerprint density at radius 2 is 1.83 bits per heavy atom. The third-order valence-electron chi connectivity index (χ3n) is 2.27. The second kappa shape index (κ2) is 6.24. The van der Waals surface area contributed by atoms with Crippen molar-refractivity contribution >= 4 is 40.9 Å². The smallest absolute Gasteiger partial charge is 0.0703 e. The largest absolute Gasteiger partial charge is 0.259 e. The molecule has 1 aromatic heterocycles. The Bertz CT molecular complexity index is 559. The minimum absolute atomic E-state index is 0.547. The van der Waals surface area contributed by atoms with Gasteiger partial charge < -0.3 is 0 Å².